The summed E-state index contributed by atoms with van der Waals surface area (Å²) in [6, 6.07) is 41.3. The zero-order valence-electron chi connectivity index (χ0n) is 19.2. The molecule has 0 aliphatic carbocycles. The third-order valence-electron chi connectivity index (χ3n) is 6.27. The number of hydrogen-bond donors (Lipinski definition) is 1. The van der Waals surface area contributed by atoms with E-state index in [0.717, 1.165) is 29.5 Å². The predicted molar refractivity (Wildman–Crippen MR) is 136 cm³/mol. The Balaban J connectivity index is 1.64. The number of benzene rings is 4. The lowest BCUT2D eigenvalue weighted by Crippen LogP contribution is -2.51. The van der Waals surface area contributed by atoms with Crippen LogP contribution in [0.15, 0.2) is 121 Å². The minimum Gasteiger partial charge on any atom is -0.298 e. The van der Waals surface area contributed by atoms with Gasteiger partial charge in [0.05, 0.1) is 11.6 Å². The van der Waals surface area contributed by atoms with Crippen molar-refractivity contribution in [3.8, 4) is 0 Å². The molecule has 1 atom stereocenters. The van der Waals surface area contributed by atoms with Gasteiger partial charge in [0.15, 0.2) is 0 Å². The molecule has 0 unspecified atom stereocenters. The topological polar surface area (TPSA) is 29.1 Å². The average molecular weight is 434 g/mol. The Labute approximate surface area is 197 Å². The Bertz CT molecular complexity index is 1030. The molecule has 0 bridgehead atoms. The van der Waals surface area contributed by atoms with Gasteiger partial charge in [0.25, 0.3) is 0 Å². The second kappa shape index (κ2) is 10.9. The molecule has 0 aromatic heterocycles. The summed E-state index contributed by atoms with van der Waals surface area (Å²) in [4.78, 5) is 13.2. The van der Waals surface area contributed by atoms with E-state index in [9.17, 15) is 4.79 Å². The lowest BCUT2D eigenvalue weighted by Gasteiger charge is -2.39. The van der Waals surface area contributed by atoms with E-state index in [1.165, 1.54) is 5.56 Å². The standard InChI is InChI=1S/C31H31NO/c1-25(30(33)24-14-17-26-15-6-2-7-16-26)32-31(27-18-8-3-9-19-27,28-20-10-4-11-21-28)29-22-12-5-13-23-29/h2-13,15-16,18-23,25,32H,14,17,24H2,1H3/t25-/m0/s1. The molecule has 1 N–H and O–H groups in total. The van der Waals surface area contributed by atoms with E-state index < -0.39 is 5.54 Å². The number of carbonyl (C=O) groups is 1. The molecule has 4 rings (SSSR count). The van der Waals surface area contributed by atoms with Gasteiger partial charge in [-0.2, -0.15) is 0 Å². The maximum Gasteiger partial charge on any atom is 0.149 e. The first kappa shape index (κ1) is 22.7. The summed E-state index contributed by atoms with van der Waals surface area (Å²) in [6.45, 7) is 1.99. The van der Waals surface area contributed by atoms with Gasteiger partial charge in [-0.25, -0.2) is 0 Å². The van der Waals surface area contributed by atoms with E-state index in [-0.39, 0.29) is 11.8 Å². The van der Waals surface area contributed by atoms with Crippen LogP contribution in [0, 0.1) is 0 Å². The molecule has 4 aromatic rings. The van der Waals surface area contributed by atoms with Crippen LogP contribution in [0.2, 0.25) is 0 Å². The molecule has 0 saturated heterocycles. The molecule has 0 saturated carbocycles. The fraction of sp³-hybridized carbons (Fsp3) is 0.194. The number of rotatable bonds is 10. The summed E-state index contributed by atoms with van der Waals surface area (Å²) in [6.07, 6.45) is 2.32. The Kier molecular flexibility index (Phi) is 7.49. The van der Waals surface area contributed by atoms with E-state index in [0.29, 0.717) is 6.42 Å². The summed E-state index contributed by atoms with van der Waals surface area (Å²) in [5, 5.41) is 3.78. The molecule has 2 heteroatoms. The zero-order chi connectivity index (χ0) is 22.9. The van der Waals surface area contributed by atoms with E-state index in [1.54, 1.807) is 0 Å². The van der Waals surface area contributed by atoms with Crippen molar-refractivity contribution in [3.05, 3.63) is 144 Å². The first-order valence-electron chi connectivity index (χ1n) is 11.7. The number of carbonyl (C=O) groups excluding carboxylic acids is 1. The molecule has 166 valence electrons. The number of Topliss-reactive ketones (excluding diaryl/α,β-unsaturated/α-hetero) is 1. The van der Waals surface area contributed by atoms with E-state index in [4.69, 9.17) is 0 Å². The fourth-order valence-electron chi connectivity index (χ4n) is 4.55. The Morgan fingerprint density at radius 2 is 1.06 bits per heavy atom. The highest BCUT2D eigenvalue weighted by molar-refractivity contribution is 5.84. The monoisotopic (exact) mass is 433 g/mol. The molecule has 0 aliphatic rings. The highest BCUT2D eigenvalue weighted by Crippen LogP contribution is 2.37. The van der Waals surface area contributed by atoms with Gasteiger partial charge in [-0.3, -0.25) is 10.1 Å². The SMILES string of the molecule is C[C@H](NC(c1ccccc1)(c1ccccc1)c1ccccc1)C(=O)CCCc1ccccc1. The van der Waals surface area contributed by atoms with Gasteiger partial charge in [0.1, 0.15) is 5.78 Å². The van der Waals surface area contributed by atoms with Crippen LogP contribution < -0.4 is 5.32 Å². The van der Waals surface area contributed by atoms with E-state index in [2.05, 4.69) is 102 Å². The van der Waals surface area contributed by atoms with E-state index >= 15 is 0 Å². The highest BCUT2D eigenvalue weighted by atomic mass is 16.1. The predicted octanol–water partition coefficient (Wildman–Crippen LogP) is 6.55. The number of hydrogen-bond acceptors (Lipinski definition) is 2. The maximum absolute atomic E-state index is 13.2. The molecule has 2 nitrogen and oxygen atoms in total. The minimum absolute atomic E-state index is 0.234. The molecular formula is C31H31NO. The molecule has 0 radical (unpaired) electrons. The van der Waals surface area contributed by atoms with Crippen LogP contribution in [0.5, 0.6) is 0 Å². The van der Waals surface area contributed by atoms with Gasteiger partial charge in [-0.05, 0) is 42.0 Å². The number of aryl methyl sites for hydroxylation is 1. The number of ketones is 1. The van der Waals surface area contributed by atoms with Gasteiger partial charge in [-0.15, -0.1) is 0 Å². The first-order chi connectivity index (χ1) is 16.2. The van der Waals surface area contributed by atoms with Crippen molar-refractivity contribution in [1.29, 1.82) is 0 Å². The smallest absolute Gasteiger partial charge is 0.149 e. The molecule has 4 aromatic carbocycles. The molecule has 0 aliphatic heterocycles. The number of nitrogens with one attached hydrogen (secondary N) is 1. The van der Waals surface area contributed by atoms with Crippen LogP contribution in [0.1, 0.15) is 42.0 Å². The van der Waals surface area contributed by atoms with Crippen molar-refractivity contribution in [2.45, 2.75) is 37.8 Å². The largest absolute Gasteiger partial charge is 0.298 e. The van der Waals surface area contributed by atoms with Crippen molar-refractivity contribution < 1.29 is 4.79 Å². The van der Waals surface area contributed by atoms with Gasteiger partial charge < -0.3 is 0 Å². The summed E-state index contributed by atoms with van der Waals surface area (Å²) in [7, 11) is 0. The first-order valence-corrected chi connectivity index (χ1v) is 11.7. The zero-order valence-corrected chi connectivity index (χ0v) is 19.2. The Hall–Kier alpha value is -3.49. The quantitative estimate of drug-likeness (QED) is 0.287. The van der Waals surface area contributed by atoms with Crippen molar-refractivity contribution in [2.75, 3.05) is 0 Å². The van der Waals surface area contributed by atoms with Crippen LogP contribution in [0.3, 0.4) is 0 Å². The molecular weight excluding hydrogens is 402 g/mol. The van der Waals surface area contributed by atoms with Gasteiger partial charge in [0.2, 0.25) is 0 Å². The van der Waals surface area contributed by atoms with Crippen LogP contribution in [0.4, 0.5) is 0 Å². The van der Waals surface area contributed by atoms with E-state index in [1.807, 2.05) is 31.2 Å². The van der Waals surface area contributed by atoms with Crippen LogP contribution in [-0.2, 0) is 16.8 Å². The van der Waals surface area contributed by atoms with Gasteiger partial charge in [-0.1, -0.05) is 121 Å². The summed E-state index contributed by atoms with van der Waals surface area (Å²) < 4.78 is 0. The average Bonchev–Trinajstić information content (AvgIpc) is 2.89. The van der Waals surface area contributed by atoms with Crippen molar-refractivity contribution in [2.24, 2.45) is 0 Å². The third-order valence-corrected chi connectivity index (χ3v) is 6.27. The molecule has 0 amide bonds. The Morgan fingerprint density at radius 1 is 0.667 bits per heavy atom. The highest BCUT2D eigenvalue weighted by Gasteiger charge is 2.38. The lowest BCUT2D eigenvalue weighted by molar-refractivity contribution is -0.121. The summed E-state index contributed by atoms with van der Waals surface area (Å²) >= 11 is 0. The summed E-state index contributed by atoms with van der Waals surface area (Å²) in [5.74, 6) is 0.234. The fourth-order valence-corrected chi connectivity index (χ4v) is 4.55. The summed E-state index contributed by atoms with van der Waals surface area (Å²) in [5.41, 5.74) is 4.00. The van der Waals surface area contributed by atoms with Gasteiger partial charge in [0, 0.05) is 6.42 Å². The second-order valence-electron chi connectivity index (χ2n) is 8.52. The lowest BCUT2D eigenvalue weighted by atomic mass is 9.76. The maximum atomic E-state index is 13.2. The van der Waals surface area contributed by atoms with Gasteiger partial charge >= 0.3 is 0 Å². The Morgan fingerprint density at radius 3 is 1.48 bits per heavy atom. The third kappa shape index (κ3) is 5.30. The molecule has 0 fully saturated rings. The van der Waals surface area contributed by atoms with Crippen molar-refractivity contribution in [3.63, 3.8) is 0 Å². The van der Waals surface area contributed by atoms with Crippen molar-refractivity contribution >= 4 is 5.78 Å². The molecule has 0 heterocycles. The minimum atomic E-state index is -0.627. The molecule has 0 spiro atoms. The van der Waals surface area contributed by atoms with Crippen molar-refractivity contribution in [1.82, 2.24) is 5.32 Å². The van der Waals surface area contributed by atoms with Crippen LogP contribution >= 0.6 is 0 Å². The van der Waals surface area contributed by atoms with Crippen LogP contribution in [-0.4, -0.2) is 11.8 Å². The molecule has 33 heavy (non-hydrogen) atoms. The second-order valence-corrected chi connectivity index (χ2v) is 8.52. The van der Waals surface area contributed by atoms with Crippen LogP contribution in [0.25, 0.3) is 0 Å². The normalized spacial score (nSPS) is 12.3.